The Bertz CT molecular complexity index is 702. The summed E-state index contributed by atoms with van der Waals surface area (Å²) >= 11 is 11.9. The van der Waals surface area contributed by atoms with E-state index in [9.17, 15) is 13.2 Å². The van der Waals surface area contributed by atoms with Crippen LogP contribution in [-0.4, -0.2) is 38.3 Å². The number of carbonyl (C=O) groups excluding carboxylic acids is 1. The Morgan fingerprint density at radius 3 is 2.56 bits per heavy atom. The molecule has 1 aromatic carbocycles. The number of hydrogen-bond donors (Lipinski definition) is 1. The van der Waals surface area contributed by atoms with Gasteiger partial charge < -0.3 is 5.32 Å². The SMILES string of the molecule is CCCCNC(=O)C1CCN(S(=O)(=O)Cc2ccc(Cl)cc2Cl)CC1. The molecule has 1 heterocycles. The highest BCUT2D eigenvalue weighted by molar-refractivity contribution is 7.88. The van der Waals surface area contributed by atoms with Gasteiger partial charge in [0.05, 0.1) is 5.75 Å². The third kappa shape index (κ3) is 5.84. The molecule has 1 aliphatic heterocycles. The quantitative estimate of drug-likeness (QED) is 0.704. The zero-order valence-corrected chi connectivity index (χ0v) is 16.6. The van der Waals surface area contributed by atoms with Crippen molar-refractivity contribution >= 4 is 39.1 Å². The maximum atomic E-state index is 12.6. The molecule has 5 nitrogen and oxygen atoms in total. The molecule has 1 saturated heterocycles. The number of hydrogen-bond acceptors (Lipinski definition) is 3. The Labute approximate surface area is 159 Å². The second kappa shape index (κ2) is 9.21. The molecule has 0 saturated carbocycles. The minimum absolute atomic E-state index is 0.0336. The minimum atomic E-state index is -3.47. The lowest BCUT2D eigenvalue weighted by Crippen LogP contribution is -2.43. The van der Waals surface area contributed by atoms with Crippen LogP contribution in [0.5, 0.6) is 0 Å². The van der Waals surface area contributed by atoms with Crippen LogP contribution in [0.3, 0.4) is 0 Å². The van der Waals surface area contributed by atoms with Gasteiger partial charge in [0.15, 0.2) is 0 Å². The number of carbonyl (C=O) groups is 1. The first-order valence-electron chi connectivity index (χ1n) is 8.53. The molecule has 25 heavy (non-hydrogen) atoms. The normalized spacial score (nSPS) is 16.8. The number of benzene rings is 1. The van der Waals surface area contributed by atoms with Gasteiger partial charge >= 0.3 is 0 Å². The first kappa shape index (κ1) is 20.5. The monoisotopic (exact) mass is 406 g/mol. The van der Waals surface area contributed by atoms with Crippen molar-refractivity contribution in [1.82, 2.24) is 9.62 Å². The summed E-state index contributed by atoms with van der Waals surface area (Å²) in [6.07, 6.45) is 3.09. The molecule has 140 valence electrons. The van der Waals surface area contributed by atoms with Crippen molar-refractivity contribution in [3.63, 3.8) is 0 Å². The van der Waals surface area contributed by atoms with E-state index in [1.54, 1.807) is 18.2 Å². The number of halogens is 2. The Morgan fingerprint density at radius 2 is 1.96 bits per heavy atom. The fourth-order valence-electron chi connectivity index (χ4n) is 2.86. The molecule has 0 spiro atoms. The lowest BCUT2D eigenvalue weighted by Gasteiger charge is -2.30. The Morgan fingerprint density at radius 1 is 1.28 bits per heavy atom. The molecule has 0 radical (unpaired) electrons. The van der Waals surface area contributed by atoms with Gasteiger partial charge in [-0.05, 0) is 37.0 Å². The van der Waals surface area contributed by atoms with E-state index in [0.29, 0.717) is 48.1 Å². The molecular formula is C17H24Cl2N2O3S. The van der Waals surface area contributed by atoms with Gasteiger partial charge in [-0.1, -0.05) is 42.6 Å². The number of rotatable bonds is 7. The van der Waals surface area contributed by atoms with Gasteiger partial charge in [0.25, 0.3) is 0 Å². The zero-order chi connectivity index (χ0) is 18.4. The highest BCUT2D eigenvalue weighted by atomic mass is 35.5. The standard InChI is InChI=1S/C17H24Cl2N2O3S/c1-2-3-8-20-17(22)13-6-9-21(10-7-13)25(23,24)12-14-4-5-15(18)11-16(14)19/h4-5,11,13H,2-3,6-10,12H2,1H3,(H,20,22). The molecule has 8 heteroatoms. The van der Waals surface area contributed by atoms with Crippen LogP contribution in [0.15, 0.2) is 18.2 Å². The first-order valence-corrected chi connectivity index (χ1v) is 10.9. The second-order valence-corrected chi connectivity index (χ2v) is 9.12. The number of amides is 1. The third-order valence-electron chi connectivity index (χ3n) is 4.40. The summed E-state index contributed by atoms with van der Waals surface area (Å²) in [5.41, 5.74) is 0.533. The molecule has 2 rings (SSSR count). The summed E-state index contributed by atoms with van der Waals surface area (Å²) in [5, 5.41) is 3.74. The molecule has 0 bridgehead atoms. The summed E-state index contributed by atoms with van der Waals surface area (Å²) in [4.78, 5) is 12.1. The van der Waals surface area contributed by atoms with Crippen molar-refractivity contribution in [2.24, 2.45) is 5.92 Å². The number of nitrogens with zero attached hydrogens (tertiary/aromatic N) is 1. The molecule has 1 aliphatic rings. The molecule has 0 unspecified atom stereocenters. The van der Waals surface area contributed by atoms with Gasteiger partial charge in [0, 0.05) is 35.6 Å². The average molecular weight is 407 g/mol. The van der Waals surface area contributed by atoms with E-state index >= 15 is 0 Å². The average Bonchev–Trinajstić information content (AvgIpc) is 2.57. The third-order valence-corrected chi connectivity index (χ3v) is 6.82. The van der Waals surface area contributed by atoms with Crippen molar-refractivity contribution < 1.29 is 13.2 Å². The summed E-state index contributed by atoms with van der Waals surface area (Å²) < 4.78 is 26.7. The fraction of sp³-hybridized carbons (Fsp3) is 0.588. The Hall–Kier alpha value is -0.820. The van der Waals surface area contributed by atoms with Crippen LogP contribution in [-0.2, 0) is 20.6 Å². The molecule has 0 aromatic heterocycles. The maximum Gasteiger partial charge on any atom is 0.223 e. The van der Waals surface area contributed by atoms with Crippen LogP contribution >= 0.6 is 23.2 Å². The van der Waals surface area contributed by atoms with Crippen LogP contribution in [0.1, 0.15) is 38.2 Å². The number of unbranched alkanes of at least 4 members (excludes halogenated alkanes) is 1. The Kier molecular flexibility index (Phi) is 7.55. The van der Waals surface area contributed by atoms with Gasteiger partial charge in [-0.25, -0.2) is 12.7 Å². The van der Waals surface area contributed by atoms with Crippen molar-refractivity contribution in [3.8, 4) is 0 Å². The van der Waals surface area contributed by atoms with Crippen molar-refractivity contribution in [2.45, 2.75) is 38.4 Å². The van der Waals surface area contributed by atoms with E-state index in [1.807, 2.05) is 0 Å². The van der Waals surface area contributed by atoms with Crippen LogP contribution < -0.4 is 5.32 Å². The minimum Gasteiger partial charge on any atom is -0.356 e. The molecule has 0 atom stereocenters. The molecule has 1 amide bonds. The number of piperidine rings is 1. The van der Waals surface area contributed by atoms with Crippen molar-refractivity contribution in [3.05, 3.63) is 33.8 Å². The van der Waals surface area contributed by atoms with E-state index in [2.05, 4.69) is 12.2 Å². The van der Waals surface area contributed by atoms with E-state index in [4.69, 9.17) is 23.2 Å². The van der Waals surface area contributed by atoms with Gasteiger partial charge in [-0.3, -0.25) is 4.79 Å². The first-order chi connectivity index (χ1) is 11.8. The molecule has 1 fully saturated rings. The van der Waals surface area contributed by atoms with E-state index in [1.165, 1.54) is 4.31 Å². The summed E-state index contributed by atoms with van der Waals surface area (Å²) in [7, 11) is -3.47. The van der Waals surface area contributed by atoms with Gasteiger partial charge in [0.1, 0.15) is 0 Å². The van der Waals surface area contributed by atoms with Crippen LogP contribution in [0.25, 0.3) is 0 Å². The predicted molar refractivity (Wildman–Crippen MR) is 101 cm³/mol. The highest BCUT2D eigenvalue weighted by Crippen LogP contribution is 2.26. The smallest absolute Gasteiger partial charge is 0.223 e. The van der Waals surface area contributed by atoms with Gasteiger partial charge in [-0.2, -0.15) is 0 Å². The zero-order valence-electron chi connectivity index (χ0n) is 14.3. The lowest BCUT2D eigenvalue weighted by molar-refractivity contribution is -0.126. The van der Waals surface area contributed by atoms with Crippen molar-refractivity contribution in [1.29, 1.82) is 0 Å². The van der Waals surface area contributed by atoms with Crippen LogP contribution in [0.2, 0.25) is 10.0 Å². The van der Waals surface area contributed by atoms with Crippen LogP contribution in [0, 0.1) is 5.92 Å². The molecule has 1 N–H and O–H groups in total. The Balaban J connectivity index is 1.91. The lowest BCUT2D eigenvalue weighted by atomic mass is 9.97. The molecule has 1 aromatic rings. The van der Waals surface area contributed by atoms with E-state index < -0.39 is 10.0 Å². The van der Waals surface area contributed by atoms with Gasteiger partial charge in [0.2, 0.25) is 15.9 Å². The summed E-state index contributed by atoms with van der Waals surface area (Å²) in [5.74, 6) is -0.232. The van der Waals surface area contributed by atoms with Crippen LogP contribution in [0.4, 0.5) is 0 Å². The number of nitrogens with one attached hydrogen (secondary N) is 1. The predicted octanol–water partition coefficient (Wildman–Crippen LogP) is 3.45. The molecule has 0 aliphatic carbocycles. The largest absolute Gasteiger partial charge is 0.356 e. The van der Waals surface area contributed by atoms with E-state index in [-0.39, 0.29) is 17.6 Å². The van der Waals surface area contributed by atoms with Gasteiger partial charge in [-0.15, -0.1) is 0 Å². The highest BCUT2D eigenvalue weighted by Gasteiger charge is 2.31. The maximum absolute atomic E-state index is 12.6. The van der Waals surface area contributed by atoms with Crippen molar-refractivity contribution in [2.75, 3.05) is 19.6 Å². The number of sulfonamides is 1. The fourth-order valence-corrected chi connectivity index (χ4v) is 5.00. The summed E-state index contributed by atoms with van der Waals surface area (Å²) in [6.45, 7) is 3.48. The molecular weight excluding hydrogens is 383 g/mol. The second-order valence-electron chi connectivity index (χ2n) is 6.31. The topological polar surface area (TPSA) is 66.5 Å². The van der Waals surface area contributed by atoms with E-state index in [0.717, 1.165) is 12.8 Å². The summed E-state index contributed by atoms with van der Waals surface area (Å²) in [6, 6.07) is 4.81.